The molecule has 0 radical (unpaired) electrons. The zero-order valence-corrected chi connectivity index (χ0v) is 21.4. The number of hydrogen-bond donors (Lipinski definition) is 2. The molecule has 2 aliphatic rings. The Hall–Kier alpha value is -3.76. The molecular formula is C28H26FN5O3S. The van der Waals surface area contributed by atoms with Gasteiger partial charge in [-0.25, -0.2) is 4.39 Å². The third-order valence-corrected chi connectivity index (χ3v) is 7.97. The van der Waals surface area contributed by atoms with E-state index in [4.69, 9.17) is 4.74 Å². The fourth-order valence-electron chi connectivity index (χ4n) is 5.02. The number of carbonyl (C=O) groups excluding carboxylic acids is 1. The van der Waals surface area contributed by atoms with Gasteiger partial charge >= 0.3 is 0 Å². The van der Waals surface area contributed by atoms with Gasteiger partial charge in [0.05, 0.1) is 21.7 Å². The number of nitrogens with one attached hydrogen (secondary N) is 2. The number of para-hydroxylation sites is 2. The van der Waals surface area contributed by atoms with E-state index in [0.29, 0.717) is 46.6 Å². The van der Waals surface area contributed by atoms with Crippen molar-refractivity contribution >= 4 is 28.6 Å². The minimum Gasteiger partial charge on any atom is -0.452 e. The van der Waals surface area contributed by atoms with Gasteiger partial charge in [0.1, 0.15) is 16.9 Å². The topological polar surface area (TPSA) is 98.1 Å². The average Bonchev–Trinajstić information content (AvgIpc) is 3.45. The molecule has 2 aromatic heterocycles. The molecule has 0 spiro atoms. The summed E-state index contributed by atoms with van der Waals surface area (Å²) in [7, 11) is 0. The number of carbonyl (C=O) groups is 1. The van der Waals surface area contributed by atoms with Gasteiger partial charge in [0.2, 0.25) is 5.43 Å². The predicted molar refractivity (Wildman–Crippen MR) is 144 cm³/mol. The number of benzene rings is 2. The number of aromatic nitrogens is 3. The largest absolute Gasteiger partial charge is 0.452 e. The molecule has 8 nitrogen and oxygen atoms in total. The molecule has 4 heterocycles. The lowest BCUT2D eigenvalue weighted by molar-refractivity contribution is 0.0951. The van der Waals surface area contributed by atoms with Gasteiger partial charge in [-0.15, -0.1) is 11.8 Å². The molecule has 6 rings (SSSR count). The molecule has 1 unspecified atom stereocenters. The third kappa shape index (κ3) is 4.65. The monoisotopic (exact) mass is 531 g/mol. The van der Waals surface area contributed by atoms with Gasteiger partial charge in [-0.2, -0.15) is 0 Å². The number of thioether (sulfide) groups is 1. The highest BCUT2D eigenvalue weighted by Crippen LogP contribution is 2.46. The second kappa shape index (κ2) is 10.5. The summed E-state index contributed by atoms with van der Waals surface area (Å²) in [5.41, 5.74) is 1.38. The Labute approximate surface area is 222 Å². The Morgan fingerprint density at radius 1 is 1.29 bits per heavy atom. The smallest absolute Gasteiger partial charge is 0.256 e. The number of amides is 1. The summed E-state index contributed by atoms with van der Waals surface area (Å²) in [5.74, 6) is 0.306. The average molecular weight is 532 g/mol. The maximum atomic E-state index is 15.5. The summed E-state index contributed by atoms with van der Waals surface area (Å²) in [5, 5.41) is 6.39. The fraction of sp³-hybridized carbons (Fsp3) is 0.286. The Balaban J connectivity index is 1.37. The standard InChI is InChI=1S/C28H26FN5O3S/c29-21-14-19-24-26(27(21)38-13-8-18-15-30-11-12-32-18)37-23-6-2-1-5-22(23)34(24)16-20(25(19)35)28(36)33-10-7-17-4-3-9-31-17/h1-2,5-6,11-12,14-17,31H,3-4,7-10,13H2,(H,33,36). The van der Waals surface area contributed by atoms with Crippen LogP contribution >= 0.6 is 11.8 Å². The van der Waals surface area contributed by atoms with Crippen LogP contribution in [0.25, 0.3) is 16.6 Å². The number of rotatable bonds is 8. The van der Waals surface area contributed by atoms with Gasteiger partial charge in [-0.3, -0.25) is 19.6 Å². The normalized spacial score (nSPS) is 15.8. The van der Waals surface area contributed by atoms with Crippen LogP contribution in [0.1, 0.15) is 35.3 Å². The molecule has 4 aromatic rings. The van der Waals surface area contributed by atoms with Gasteiger partial charge in [0, 0.05) is 49.5 Å². The Morgan fingerprint density at radius 3 is 3.00 bits per heavy atom. The molecule has 2 N–H and O–H groups in total. The van der Waals surface area contributed by atoms with Crippen molar-refractivity contribution in [3.8, 4) is 17.2 Å². The number of aryl methyl sites for hydroxylation is 1. The molecule has 1 saturated heterocycles. The van der Waals surface area contributed by atoms with E-state index < -0.39 is 17.2 Å². The number of nitrogens with zero attached hydrogens (tertiary/aromatic N) is 3. The van der Waals surface area contributed by atoms with Gasteiger partial charge in [-0.05, 0) is 44.0 Å². The van der Waals surface area contributed by atoms with E-state index >= 15 is 4.39 Å². The summed E-state index contributed by atoms with van der Waals surface area (Å²) in [6.07, 6.45) is 10.0. The summed E-state index contributed by atoms with van der Waals surface area (Å²) in [6, 6.07) is 8.91. The van der Waals surface area contributed by atoms with E-state index in [2.05, 4.69) is 20.6 Å². The van der Waals surface area contributed by atoms with Crippen LogP contribution in [0.2, 0.25) is 0 Å². The van der Waals surface area contributed by atoms with E-state index in [0.717, 1.165) is 31.5 Å². The lowest BCUT2D eigenvalue weighted by Gasteiger charge is -2.25. The van der Waals surface area contributed by atoms with Gasteiger partial charge in [-0.1, -0.05) is 12.1 Å². The minimum absolute atomic E-state index is 0.0259. The molecule has 1 atom stereocenters. The molecule has 10 heteroatoms. The van der Waals surface area contributed by atoms with Gasteiger partial charge < -0.3 is 19.9 Å². The Kier molecular flexibility index (Phi) is 6.82. The molecule has 0 bridgehead atoms. The first-order chi connectivity index (χ1) is 18.6. The molecule has 194 valence electrons. The number of fused-ring (bicyclic) bond motifs is 2. The van der Waals surface area contributed by atoms with E-state index in [9.17, 15) is 9.59 Å². The van der Waals surface area contributed by atoms with Crippen molar-refractivity contribution in [2.24, 2.45) is 0 Å². The summed E-state index contributed by atoms with van der Waals surface area (Å²) >= 11 is 1.30. The lowest BCUT2D eigenvalue weighted by atomic mass is 10.1. The first kappa shape index (κ1) is 24.6. The predicted octanol–water partition coefficient (Wildman–Crippen LogP) is 4.23. The number of hydrogen-bond acceptors (Lipinski definition) is 7. The summed E-state index contributed by atoms with van der Waals surface area (Å²) in [4.78, 5) is 35.2. The van der Waals surface area contributed by atoms with Crippen molar-refractivity contribution < 1.29 is 13.9 Å². The molecule has 0 saturated carbocycles. The van der Waals surface area contributed by atoms with Crippen molar-refractivity contribution in [3.63, 3.8) is 0 Å². The highest BCUT2D eigenvalue weighted by atomic mass is 32.2. The van der Waals surface area contributed by atoms with E-state index in [-0.39, 0.29) is 16.7 Å². The van der Waals surface area contributed by atoms with Crippen molar-refractivity contribution in [1.82, 2.24) is 25.2 Å². The number of halogens is 1. The molecular weight excluding hydrogens is 505 g/mol. The van der Waals surface area contributed by atoms with Crippen LogP contribution in [0.4, 0.5) is 4.39 Å². The number of pyridine rings is 1. The van der Waals surface area contributed by atoms with E-state index in [1.165, 1.54) is 17.8 Å². The van der Waals surface area contributed by atoms with Crippen molar-refractivity contribution in [3.05, 3.63) is 82.4 Å². The van der Waals surface area contributed by atoms with Crippen LogP contribution in [0.5, 0.6) is 11.5 Å². The van der Waals surface area contributed by atoms with Crippen LogP contribution in [0.15, 0.2) is 64.8 Å². The maximum Gasteiger partial charge on any atom is 0.256 e. The SMILES string of the molecule is O=C(NCCC1CCCN1)c1cn2c3c(c(SCCc4cnccn4)c(F)cc3c1=O)Oc1ccccc1-2. The van der Waals surface area contributed by atoms with Crippen LogP contribution in [-0.2, 0) is 6.42 Å². The van der Waals surface area contributed by atoms with Crippen LogP contribution in [0.3, 0.4) is 0 Å². The zero-order chi connectivity index (χ0) is 26.1. The van der Waals surface area contributed by atoms with Crippen molar-refractivity contribution in [1.29, 1.82) is 0 Å². The maximum absolute atomic E-state index is 15.5. The zero-order valence-electron chi connectivity index (χ0n) is 20.6. The Morgan fingerprint density at radius 2 is 2.18 bits per heavy atom. The molecule has 2 aliphatic heterocycles. The first-order valence-electron chi connectivity index (χ1n) is 12.7. The number of ether oxygens (including phenoxy) is 1. The molecule has 2 aromatic carbocycles. The third-order valence-electron chi connectivity index (χ3n) is 6.90. The second-order valence-corrected chi connectivity index (χ2v) is 10.5. The van der Waals surface area contributed by atoms with E-state index in [1.807, 2.05) is 18.2 Å². The lowest BCUT2D eigenvalue weighted by Crippen LogP contribution is -2.33. The van der Waals surface area contributed by atoms with Crippen LogP contribution < -0.4 is 20.8 Å². The highest BCUT2D eigenvalue weighted by molar-refractivity contribution is 7.99. The van der Waals surface area contributed by atoms with Gasteiger partial charge in [0.25, 0.3) is 5.91 Å². The van der Waals surface area contributed by atoms with Crippen LogP contribution in [-0.4, -0.2) is 45.3 Å². The quantitative estimate of drug-likeness (QED) is 0.289. The minimum atomic E-state index is -0.565. The van der Waals surface area contributed by atoms with Gasteiger partial charge in [0.15, 0.2) is 11.5 Å². The summed E-state index contributed by atoms with van der Waals surface area (Å²) in [6.45, 7) is 1.44. The molecule has 1 amide bonds. The highest BCUT2D eigenvalue weighted by Gasteiger charge is 2.28. The molecule has 1 fully saturated rings. The molecule has 0 aliphatic carbocycles. The molecule has 38 heavy (non-hydrogen) atoms. The summed E-state index contributed by atoms with van der Waals surface area (Å²) < 4.78 is 23.5. The van der Waals surface area contributed by atoms with Crippen molar-refractivity contribution in [2.75, 3.05) is 18.8 Å². The first-order valence-corrected chi connectivity index (χ1v) is 13.7. The van der Waals surface area contributed by atoms with Crippen LogP contribution in [0, 0.1) is 5.82 Å². The fourth-order valence-corrected chi connectivity index (χ4v) is 6.00. The van der Waals surface area contributed by atoms with Crippen molar-refractivity contribution in [2.45, 2.75) is 36.6 Å². The van der Waals surface area contributed by atoms with E-state index in [1.54, 1.807) is 35.4 Å². The Bertz CT molecular complexity index is 1570. The second-order valence-electron chi connectivity index (χ2n) is 9.36.